The molecule has 0 aliphatic heterocycles. The maximum absolute atomic E-state index is 13.7. The summed E-state index contributed by atoms with van der Waals surface area (Å²) in [4.78, 5) is 0.0309. The summed E-state index contributed by atoms with van der Waals surface area (Å²) in [5.74, 6) is -0.382. The largest absolute Gasteiger partial charge is 0.376 e. The van der Waals surface area contributed by atoms with Crippen LogP contribution in [0, 0.1) is 5.82 Å². The average Bonchev–Trinajstić information content (AvgIpc) is 2.42. The van der Waals surface area contributed by atoms with Gasteiger partial charge >= 0.3 is 0 Å². The Hall–Kier alpha value is -1.44. The molecule has 7 heteroatoms. The van der Waals surface area contributed by atoms with Crippen LogP contribution in [0.4, 0.5) is 10.1 Å². The zero-order valence-electron chi connectivity index (χ0n) is 11.2. The second-order valence-corrected chi connectivity index (χ2v) is 7.08. The Bertz CT molecular complexity index is 765. The van der Waals surface area contributed by atoms with Crippen molar-refractivity contribution in [3.63, 3.8) is 0 Å². The topological polar surface area (TPSA) is 72.2 Å². The van der Waals surface area contributed by atoms with Crippen LogP contribution in [-0.4, -0.2) is 8.42 Å². The third-order valence-electron chi connectivity index (χ3n) is 2.99. The van der Waals surface area contributed by atoms with E-state index < -0.39 is 10.0 Å². The molecule has 4 nitrogen and oxygen atoms in total. The quantitative estimate of drug-likeness (QED) is 0.863. The summed E-state index contributed by atoms with van der Waals surface area (Å²) < 4.78 is 37.2. The van der Waals surface area contributed by atoms with Crippen molar-refractivity contribution >= 4 is 31.6 Å². The molecule has 0 heterocycles. The first-order valence-corrected chi connectivity index (χ1v) is 8.45. The van der Waals surface area contributed by atoms with Gasteiger partial charge in [-0.15, -0.1) is 0 Å². The number of primary sulfonamides is 1. The predicted molar refractivity (Wildman–Crippen MR) is 84.0 cm³/mol. The van der Waals surface area contributed by atoms with Gasteiger partial charge in [-0.3, -0.25) is 0 Å². The third kappa shape index (κ3) is 4.03. The standard InChI is InChI=1S/C14H14BrFN2O2S/c1-9(18-14-8-11(15)5-6-13(14)16)10-3-2-4-12(7-10)21(17,19)20/h2-9,18H,1H3,(H2,17,19,20). The number of sulfonamides is 1. The van der Waals surface area contributed by atoms with Crippen molar-refractivity contribution in [2.45, 2.75) is 17.9 Å². The van der Waals surface area contributed by atoms with Crippen LogP contribution in [0.3, 0.4) is 0 Å². The summed E-state index contributed by atoms with van der Waals surface area (Å²) >= 11 is 3.28. The number of halogens is 2. The maximum atomic E-state index is 13.7. The lowest BCUT2D eigenvalue weighted by atomic mass is 10.1. The molecular formula is C14H14BrFN2O2S. The van der Waals surface area contributed by atoms with Crippen LogP contribution in [0.15, 0.2) is 51.8 Å². The lowest BCUT2D eigenvalue weighted by Gasteiger charge is -2.17. The van der Waals surface area contributed by atoms with E-state index in [4.69, 9.17) is 5.14 Å². The number of hydrogen-bond acceptors (Lipinski definition) is 3. The van der Waals surface area contributed by atoms with Crippen LogP contribution in [0.1, 0.15) is 18.5 Å². The van der Waals surface area contributed by atoms with E-state index >= 15 is 0 Å². The first kappa shape index (κ1) is 15.9. The van der Waals surface area contributed by atoms with Gasteiger partial charge in [0.2, 0.25) is 10.0 Å². The first-order valence-electron chi connectivity index (χ1n) is 6.12. The SMILES string of the molecule is CC(Nc1cc(Br)ccc1F)c1cccc(S(N)(=O)=O)c1. The Morgan fingerprint density at radius 3 is 2.62 bits per heavy atom. The lowest BCUT2D eigenvalue weighted by Crippen LogP contribution is -2.14. The zero-order valence-corrected chi connectivity index (χ0v) is 13.6. The minimum atomic E-state index is -3.76. The second kappa shape index (κ2) is 6.13. The van der Waals surface area contributed by atoms with Crippen LogP contribution in [0.25, 0.3) is 0 Å². The number of benzene rings is 2. The highest BCUT2D eigenvalue weighted by atomic mass is 79.9. The van der Waals surface area contributed by atoms with Crippen molar-refractivity contribution < 1.29 is 12.8 Å². The number of rotatable bonds is 4. The number of anilines is 1. The fraction of sp³-hybridized carbons (Fsp3) is 0.143. The molecule has 2 aromatic carbocycles. The second-order valence-electron chi connectivity index (χ2n) is 4.61. The average molecular weight is 373 g/mol. The number of hydrogen-bond donors (Lipinski definition) is 2. The van der Waals surface area contributed by atoms with Gasteiger partial charge in [-0.25, -0.2) is 17.9 Å². The van der Waals surface area contributed by atoms with Crippen LogP contribution in [-0.2, 0) is 10.0 Å². The van der Waals surface area contributed by atoms with Gasteiger partial charge in [-0.05, 0) is 42.8 Å². The minimum Gasteiger partial charge on any atom is -0.376 e. The Labute approximate surface area is 131 Å². The summed E-state index contributed by atoms with van der Waals surface area (Å²) in [5, 5.41) is 8.11. The lowest BCUT2D eigenvalue weighted by molar-refractivity contribution is 0.597. The molecule has 0 saturated heterocycles. The Balaban J connectivity index is 2.28. The van der Waals surface area contributed by atoms with Gasteiger partial charge in [-0.2, -0.15) is 0 Å². The Kier molecular flexibility index (Phi) is 4.65. The van der Waals surface area contributed by atoms with E-state index in [-0.39, 0.29) is 16.8 Å². The molecule has 21 heavy (non-hydrogen) atoms. The van der Waals surface area contributed by atoms with Gasteiger partial charge in [0.05, 0.1) is 10.6 Å². The molecule has 0 radical (unpaired) electrons. The van der Waals surface area contributed by atoms with Gasteiger partial charge < -0.3 is 5.32 Å². The van der Waals surface area contributed by atoms with E-state index in [1.807, 2.05) is 6.92 Å². The summed E-state index contributed by atoms with van der Waals surface area (Å²) in [7, 11) is -3.76. The molecule has 0 aliphatic carbocycles. The van der Waals surface area contributed by atoms with Crippen LogP contribution >= 0.6 is 15.9 Å². The van der Waals surface area contributed by atoms with Gasteiger partial charge in [0, 0.05) is 10.5 Å². The molecule has 0 aliphatic rings. The van der Waals surface area contributed by atoms with E-state index in [1.54, 1.807) is 24.3 Å². The van der Waals surface area contributed by atoms with E-state index in [0.717, 1.165) is 4.47 Å². The molecule has 1 atom stereocenters. The molecule has 0 saturated carbocycles. The Morgan fingerprint density at radius 1 is 1.24 bits per heavy atom. The van der Waals surface area contributed by atoms with Crippen LogP contribution in [0.2, 0.25) is 0 Å². The van der Waals surface area contributed by atoms with Crippen molar-refractivity contribution in [1.82, 2.24) is 0 Å². The molecule has 0 amide bonds. The summed E-state index contributed by atoms with van der Waals surface area (Å²) in [6.45, 7) is 1.81. The normalized spacial score (nSPS) is 13.0. The molecule has 0 fully saturated rings. The molecule has 112 valence electrons. The minimum absolute atomic E-state index is 0.0309. The highest BCUT2D eigenvalue weighted by molar-refractivity contribution is 9.10. The highest BCUT2D eigenvalue weighted by Gasteiger charge is 2.13. The van der Waals surface area contributed by atoms with Crippen LogP contribution < -0.4 is 10.5 Å². The molecule has 2 rings (SSSR count). The van der Waals surface area contributed by atoms with Crippen molar-refractivity contribution in [2.75, 3.05) is 5.32 Å². The molecule has 1 unspecified atom stereocenters. The smallest absolute Gasteiger partial charge is 0.238 e. The zero-order chi connectivity index (χ0) is 15.6. The fourth-order valence-electron chi connectivity index (χ4n) is 1.89. The maximum Gasteiger partial charge on any atom is 0.238 e. The first-order chi connectivity index (χ1) is 9.77. The van der Waals surface area contributed by atoms with Crippen molar-refractivity contribution in [3.05, 3.63) is 58.3 Å². The van der Waals surface area contributed by atoms with E-state index in [1.165, 1.54) is 18.2 Å². The van der Waals surface area contributed by atoms with Crippen molar-refractivity contribution in [1.29, 1.82) is 0 Å². The predicted octanol–water partition coefficient (Wildman–Crippen LogP) is 3.41. The van der Waals surface area contributed by atoms with Gasteiger partial charge in [0.25, 0.3) is 0 Å². The molecule has 0 bridgehead atoms. The number of nitrogens with two attached hydrogens (primary N) is 1. The fourth-order valence-corrected chi connectivity index (χ4v) is 2.82. The molecule has 2 aromatic rings. The highest BCUT2D eigenvalue weighted by Crippen LogP contribution is 2.25. The molecular weight excluding hydrogens is 359 g/mol. The third-order valence-corrected chi connectivity index (χ3v) is 4.39. The van der Waals surface area contributed by atoms with Gasteiger partial charge in [-0.1, -0.05) is 28.1 Å². The van der Waals surface area contributed by atoms with Crippen molar-refractivity contribution in [2.24, 2.45) is 5.14 Å². The summed E-state index contributed by atoms with van der Waals surface area (Å²) in [6.07, 6.45) is 0. The van der Waals surface area contributed by atoms with Gasteiger partial charge in [0.1, 0.15) is 5.82 Å². The number of nitrogens with one attached hydrogen (secondary N) is 1. The van der Waals surface area contributed by atoms with E-state index in [9.17, 15) is 12.8 Å². The monoisotopic (exact) mass is 372 g/mol. The van der Waals surface area contributed by atoms with Crippen molar-refractivity contribution in [3.8, 4) is 0 Å². The van der Waals surface area contributed by atoms with Crippen LogP contribution in [0.5, 0.6) is 0 Å². The van der Waals surface area contributed by atoms with E-state index in [2.05, 4.69) is 21.2 Å². The molecule has 3 N–H and O–H groups in total. The van der Waals surface area contributed by atoms with Gasteiger partial charge in [0.15, 0.2) is 0 Å². The summed E-state index contributed by atoms with van der Waals surface area (Å²) in [6, 6.07) is 10.5. The summed E-state index contributed by atoms with van der Waals surface area (Å²) in [5.41, 5.74) is 1.03. The Morgan fingerprint density at radius 2 is 1.95 bits per heavy atom. The molecule has 0 spiro atoms. The molecule has 0 aromatic heterocycles. The van der Waals surface area contributed by atoms with E-state index in [0.29, 0.717) is 11.3 Å².